The monoisotopic (exact) mass is 590 g/mol. The Morgan fingerprint density at radius 2 is 1.51 bits per heavy atom. The van der Waals surface area contributed by atoms with Crippen molar-refractivity contribution in [1.29, 1.82) is 0 Å². The zero-order valence-corrected chi connectivity index (χ0v) is 30.3. The third-order valence-corrected chi connectivity index (χ3v) is 22.4. The smallest absolute Gasteiger partial charge is 0.200 e. The molecular weight excluding hydrogens is 529 g/mol. The summed E-state index contributed by atoms with van der Waals surface area (Å²) in [5.74, 6) is 2.81. The molecule has 37 heavy (non-hydrogen) atoms. The van der Waals surface area contributed by atoms with Crippen LogP contribution in [-0.2, 0) is 8.85 Å². The molecule has 0 radical (unpaired) electrons. The summed E-state index contributed by atoms with van der Waals surface area (Å²) in [5.41, 5.74) is 3.05. The Hall–Kier alpha value is 0.754. The minimum Gasteiger partial charge on any atom is -0.415 e. The summed E-state index contributed by atoms with van der Waals surface area (Å²) in [4.78, 5) is 0. The highest BCUT2D eigenvalue weighted by Crippen LogP contribution is 2.43. The van der Waals surface area contributed by atoms with Crippen molar-refractivity contribution < 1.29 is 14.0 Å². The average Bonchev–Trinajstić information content (AvgIpc) is 2.77. The van der Waals surface area contributed by atoms with Gasteiger partial charge in [0.15, 0.2) is 16.6 Å². The topological polar surface area (TPSA) is 38.7 Å². The Morgan fingerprint density at radius 1 is 1.00 bits per heavy atom. The molecule has 1 heterocycles. The highest BCUT2D eigenvalue weighted by atomic mass is 32.2. The van der Waals surface area contributed by atoms with E-state index in [9.17, 15) is 5.11 Å². The molecule has 0 aliphatic carbocycles. The first kappa shape index (κ1) is 35.8. The van der Waals surface area contributed by atoms with Crippen molar-refractivity contribution in [2.24, 2.45) is 5.92 Å². The van der Waals surface area contributed by atoms with Crippen molar-refractivity contribution in [3.8, 4) is 0 Å². The molecule has 3 atom stereocenters. The van der Waals surface area contributed by atoms with Gasteiger partial charge in [-0.05, 0) is 83.9 Å². The molecule has 1 fully saturated rings. The van der Waals surface area contributed by atoms with E-state index in [-0.39, 0.29) is 17.2 Å². The third-order valence-electron chi connectivity index (χ3n) is 8.88. The van der Waals surface area contributed by atoms with Crippen LogP contribution in [0.2, 0.25) is 34.8 Å². The van der Waals surface area contributed by atoms with Crippen LogP contribution in [0.25, 0.3) is 0 Å². The summed E-state index contributed by atoms with van der Waals surface area (Å²) >= 11 is 4.04. The molecular formula is C30H62O3S2Si2. The van der Waals surface area contributed by atoms with Crippen molar-refractivity contribution in [3.05, 3.63) is 11.6 Å². The number of hydrogen-bond acceptors (Lipinski definition) is 5. The Morgan fingerprint density at radius 3 is 1.95 bits per heavy atom. The van der Waals surface area contributed by atoms with Gasteiger partial charge in [-0.3, -0.25) is 0 Å². The van der Waals surface area contributed by atoms with Gasteiger partial charge in [-0.2, -0.15) is 0 Å². The molecule has 0 amide bonds. The van der Waals surface area contributed by atoms with Gasteiger partial charge in [0.2, 0.25) is 0 Å². The number of aliphatic hydroxyl groups excluding tert-OH is 1. The Balaban J connectivity index is 3.13. The molecule has 1 aliphatic heterocycles. The van der Waals surface area contributed by atoms with Gasteiger partial charge in [0.05, 0.1) is 16.8 Å². The first-order valence-electron chi connectivity index (χ1n) is 14.9. The fourth-order valence-corrected chi connectivity index (χ4v) is 15.5. The third kappa shape index (κ3) is 10.6. The molecule has 0 aromatic heterocycles. The lowest BCUT2D eigenvalue weighted by atomic mass is 9.98. The van der Waals surface area contributed by atoms with E-state index in [1.54, 1.807) is 0 Å². The van der Waals surface area contributed by atoms with Crippen LogP contribution < -0.4 is 0 Å². The molecule has 0 aromatic carbocycles. The average molecular weight is 591 g/mol. The molecule has 0 saturated carbocycles. The zero-order chi connectivity index (χ0) is 28.6. The molecule has 1 rings (SSSR count). The van der Waals surface area contributed by atoms with E-state index in [1.807, 2.05) is 23.5 Å². The van der Waals surface area contributed by atoms with E-state index >= 15 is 0 Å². The van der Waals surface area contributed by atoms with E-state index < -0.39 is 16.6 Å². The van der Waals surface area contributed by atoms with Crippen LogP contribution in [0.1, 0.15) is 102 Å². The maximum Gasteiger partial charge on any atom is 0.200 e. The SMILES string of the molecule is CC[C@H](/C=C(/C)[C@H](CC(O)CC1SCCCS1)O[Si](C)(C)C(C)(C)C)CO[Si](C(C)C)(C(C)C)C(C)C. The lowest BCUT2D eigenvalue weighted by Gasteiger charge is -2.43. The highest BCUT2D eigenvalue weighted by molar-refractivity contribution is 8.17. The summed E-state index contributed by atoms with van der Waals surface area (Å²) in [6.07, 6.45) is 5.94. The van der Waals surface area contributed by atoms with Crippen LogP contribution in [0.3, 0.4) is 0 Å². The van der Waals surface area contributed by atoms with Crippen LogP contribution in [0, 0.1) is 5.92 Å². The molecule has 1 saturated heterocycles. The number of aliphatic hydroxyl groups is 1. The number of rotatable bonds is 15. The summed E-state index contributed by atoms with van der Waals surface area (Å²) < 4.78 is 14.5. The van der Waals surface area contributed by atoms with E-state index in [4.69, 9.17) is 8.85 Å². The van der Waals surface area contributed by atoms with Gasteiger partial charge < -0.3 is 14.0 Å². The standard InChI is InChI=1S/C30H62O3S2Si2/c1-14-26(21-32-37(22(2)3,23(4)5)24(6)7)18-25(8)28(33-36(12,13)30(9,10)11)19-27(31)20-29-34-16-15-17-35-29/h18,22-24,26-29,31H,14-17,19-21H2,1-13H3/b25-18-/t26-,27?,28+/m1/s1. The summed E-state index contributed by atoms with van der Waals surface area (Å²) in [6.45, 7) is 31.1. The molecule has 1 N–H and O–H groups in total. The molecule has 7 heteroatoms. The number of hydrogen-bond donors (Lipinski definition) is 1. The lowest BCUT2D eigenvalue weighted by Crippen LogP contribution is -2.48. The molecule has 0 spiro atoms. The van der Waals surface area contributed by atoms with E-state index in [2.05, 4.69) is 95.3 Å². The lowest BCUT2D eigenvalue weighted by molar-refractivity contribution is 0.0993. The maximum absolute atomic E-state index is 11.2. The van der Waals surface area contributed by atoms with Crippen LogP contribution in [0.4, 0.5) is 0 Å². The molecule has 1 unspecified atom stereocenters. The second kappa shape index (κ2) is 15.7. The van der Waals surface area contributed by atoms with Crippen LogP contribution >= 0.6 is 23.5 Å². The van der Waals surface area contributed by atoms with Crippen molar-refractivity contribution in [3.63, 3.8) is 0 Å². The summed E-state index contributed by atoms with van der Waals surface area (Å²) in [6, 6.07) is 0. The van der Waals surface area contributed by atoms with Crippen LogP contribution in [0.15, 0.2) is 11.6 Å². The Labute approximate surface area is 242 Å². The van der Waals surface area contributed by atoms with Gasteiger partial charge in [0.1, 0.15) is 0 Å². The van der Waals surface area contributed by atoms with Crippen molar-refractivity contribution in [2.75, 3.05) is 18.1 Å². The Bertz CT molecular complexity index is 661. The first-order chi connectivity index (χ1) is 17.0. The maximum atomic E-state index is 11.2. The second-order valence-corrected chi connectivity index (χ2v) is 26.9. The van der Waals surface area contributed by atoms with Gasteiger partial charge >= 0.3 is 0 Å². The minimum atomic E-state index is -1.99. The second-order valence-electron chi connectivity index (χ2n) is 13.7. The Kier molecular flexibility index (Phi) is 15.2. The molecule has 0 bridgehead atoms. The van der Waals surface area contributed by atoms with Crippen molar-refractivity contribution in [2.45, 2.75) is 153 Å². The van der Waals surface area contributed by atoms with E-state index in [0.29, 0.717) is 33.5 Å². The fourth-order valence-electron chi connectivity index (χ4n) is 5.61. The summed E-state index contributed by atoms with van der Waals surface area (Å²) in [7, 11) is -3.89. The van der Waals surface area contributed by atoms with Crippen molar-refractivity contribution in [1.82, 2.24) is 0 Å². The molecule has 3 nitrogen and oxygen atoms in total. The van der Waals surface area contributed by atoms with Gasteiger partial charge in [-0.1, -0.05) is 75.3 Å². The van der Waals surface area contributed by atoms with Crippen LogP contribution in [-0.4, -0.2) is 56.6 Å². The first-order valence-corrected chi connectivity index (χ1v) is 22.0. The van der Waals surface area contributed by atoms with Crippen LogP contribution in [0.5, 0.6) is 0 Å². The van der Waals surface area contributed by atoms with Crippen molar-refractivity contribution >= 4 is 40.2 Å². The molecule has 220 valence electrons. The minimum absolute atomic E-state index is 0.0363. The van der Waals surface area contributed by atoms with Gasteiger partial charge in [-0.25, -0.2) is 0 Å². The molecule has 1 aliphatic rings. The number of thioether (sulfide) groups is 2. The normalized spacial score (nSPS) is 19.6. The largest absolute Gasteiger partial charge is 0.415 e. The molecule has 0 aromatic rings. The van der Waals surface area contributed by atoms with Gasteiger partial charge in [0, 0.05) is 13.0 Å². The van der Waals surface area contributed by atoms with E-state index in [1.165, 1.54) is 23.5 Å². The zero-order valence-electron chi connectivity index (χ0n) is 26.6. The van der Waals surface area contributed by atoms with E-state index in [0.717, 1.165) is 19.4 Å². The predicted octanol–water partition coefficient (Wildman–Crippen LogP) is 9.88. The quantitative estimate of drug-likeness (QED) is 0.152. The predicted molar refractivity (Wildman–Crippen MR) is 175 cm³/mol. The van der Waals surface area contributed by atoms with Gasteiger partial charge in [-0.15, -0.1) is 23.5 Å². The highest BCUT2D eigenvalue weighted by Gasteiger charge is 2.45. The van der Waals surface area contributed by atoms with Gasteiger partial charge in [0.25, 0.3) is 0 Å². The fraction of sp³-hybridized carbons (Fsp3) is 0.933. The summed E-state index contributed by atoms with van der Waals surface area (Å²) in [5, 5.41) is 11.3.